The van der Waals surface area contributed by atoms with Crippen LogP contribution < -0.4 is 25.6 Å². The highest BCUT2D eigenvalue weighted by Crippen LogP contribution is 2.28. The Balaban J connectivity index is 1.83. The molecule has 0 atom stereocenters. The number of ether oxygens (including phenoxy) is 2. The minimum absolute atomic E-state index is 0.276. The van der Waals surface area contributed by atoms with Crippen molar-refractivity contribution in [2.24, 2.45) is 0 Å². The van der Waals surface area contributed by atoms with E-state index in [-0.39, 0.29) is 12.1 Å². The van der Waals surface area contributed by atoms with Crippen molar-refractivity contribution in [1.82, 2.24) is 16.2 Å². The van der Waals surface area contributed by atoms with E-state index in [2.05, 4.69) is 16.2 Å². The number of benzene rings is 1. The van der Waals surface area contributed by atoms with Crippen LogP contribution >= 0.6 is 0 Å². The van der Waals surface area contributed by atoms with Crippen molar-refractivity contribution >= 4 is 17.7 Å². The Morgan fingerprint density at radius 2 is 1.85 bits per heavy atom. The third-order valence-corrected chi connectivity index (χ3v) is 3.40. The van der Waals surface area contributed by atoms with Crippen molar-refractivity contribution in [3.8, 4) is 11.5 Å². The van der Waals surface area contributed by atoms with Crippen LogP contribution in [0.25, 0.3) is 0 Å². The van der Waals surface area contributed by atoms with Crippen LogP contribution in [0.15, 0.2) is 41.2 Å². The van der Waals surface area contributed by atoms with Crippen molar-refractivity contribution in [3.05, 3.63) is 47.9 Å². The number of amides is 3. The van der Waals surface area contributed by atoms with Gasteiger partial charge in [0.2, 0.25) is 0 Å². The van der Waals surface area contributed by atoms with Crippen LogP contribution in [0.5, 0.6) is 11.5 Å². The van der Waals surface area contributed by atoms with Crippen molar-refractivity contribution < 1.29 is 28.3 Å². The molecule has 2 aromatic rings. The fraction of sp³-hybridized carbons (Fsp3) is 0.278. The number of furan rings is 1. The number of methoxy groups -OCH3 is 1. The van der Waals surface area contributed by atoms with Gasteiger partial charge in [-0.05, 0) is 30.7 Å². The van der Waals surface area contributed by atoms with Crippen LogP contribution in [-0.4, -0.2) is 38.0 Å². The average molecular weight is 375 g/mol. The predicted molar refractivity (Wildman–Crippen MR) is 95.4 cm³/mol. The van der Waals surface area contributed by atoms with Gasteiger partial charge < -0.3 is 19.2 Å². The van der Waals surface area contributed by atoms with Gasteiger partial charge in [-0.25, -0.2) is 0 Å². The first-order valence-corrected chi connectivity index (χ1v) is 8.25. The molecule has 3 N–H and O–H groups in total. The molecular formula is C18H21N3O6. The van der Waals surface area contributed by atoms with Crippen LogP contribution in [0, 0.1) is 0 Å². The molecule has 9 nitrogen and oxygen atoms in total. The van der Waals surface area contributed by atoms with E-state index in [0.29, 0.717) is 23.7 Å². The smallest absolute Gasteiger partial charge is 0.269 e. The molecule has 0 aliphatic heterocycles. The van der Waals surface area contributed by atoms with Gasteiger partial charge in [-0.1, -0.05) is 6.92 Å². The molecule has 0 fully saturated rings. The molecule has 1 aromatic heterocycles. The van der Waals surface area contributed by atoms with E-state index < -0.39 is 17.7 Å². The molecule has 0 saturated carbocycles. The number of nitrogens with one attached hydrogen (secondary N) is 3. The summed E-state index contributed by atoms with van der Waals surface area (Å²) in [6, 6.07) is 6.15. The highest BCUT2D eigenvalue weighted by molar-refractivity contribution is 5.98. The summed E-state index contributed by atoms with van der Waals surface area (Å²) in [6.07, 6.45) is 3.45. The molecule has 144 valence electrons. The van der Waals surface area contributed by atoms with Gasteiger partial charge >= 0.3 is 0 Å². The summed E-state index contributed by atoms with van der Waals surface area (Å²) < 4.78 is 15.5. The van der Waals surface area contributed by atoms with E-state index in [4.69, 9.17) is 13.9 Å². The van der Waals surface area contributed by atoms with E-state index in [1.54, 1.807) is 12.1 Å². The number of hydrogen-bond donors (Lipinski definition) is 3. The van der Waals surface area contributed by atoms with Gasteiger partial charge in [0.15, 0.2) is 11.5 Å². The first-order valence-electron chi connectivity index (χ1n) is 8.25. The highest BCUT2D eigenvalue weighted by atomic mass is 16.5. The van der Waals surface area contributed by atoms with Gasteiger partial charge in [0.1, 0.15) is 6.26 Å². The van der Waals surface area contributed by atoms with Crippen LogP contribution in [0.4, 0.5) is 0 Å². The zero-order valence-electron chi connectivity index (χ0n) is 15.0. The molecule has 9 heteroatoms. The zero-order valence-corrected chi connectivity index (χ0v) is 15.0. The Morgan fingerprint density at radius 3 is 2.52 bits per heavy atom. The Kier molecular flexibility index (Phi) is 7.24. The van der Waals surface area contributed by atoms with E-state index in [9.17, 15) is 14.4 Å². The summed E-state index contributed by atoms with van der Waals surface area (Å²) in [5.74, 6) is -0.644. The molecule has 1 heterocycles. The third kappa shape index (κ3) is 5.77. The number of hydrazine groups is 1. The third-order valence-electron chi connectivity index (χ3n) is 3.40. The molecule has 0 saturated heterocycles. The summed E-state index contributed by atoms with van der Waals surface area (Å²) in [7, 11) is 1.47. The lowest BCUT2D eigenvalue weighted by molar-refractivity contribution is -0.120. The topological polar surface area (TPSA) is 119 Å². The Labute approximate surface area is 156 Å². The van der Waals surface area contributed by atoms with Crippen LogP contribution in [0.3, 0.4) is 0 Å². The van der Waals surface area contributed by atoms with E-state index in [1.165, 1.54) is 31.8 Å². The van der Waals surface area contributed by atoms with E-state index in [1.807, 2.05) is 6.92 Å². The second-order valence-electron chi connectivity index (χ2n) is 5.41. The minimum Gasteiger partial charge on any atom is -0.493 e. The van der Waals surface area contributed by atoms with Crippen molar-refractivity contribution in [3.63, 3.8) is 0 Å². The maximum atomic E-state index is 12.1. The van der Waals surface area contributed by atoms with Crippen molar-refractivity contribution in [1.29, 1.82) is 0 Å². The van der Waals surface area contributed by atoms with Crippen LogP contribution in [0.1, 0.15) is 34.1 Å². The fourth-order valence-electron chi connectivity index (χ4n) is 2.04. The number of carbonyl (C=O) groups excluding carboxylic acids is 3. The summed E-state index contributed by atoms with van der Waals surface area (Å²) in [5.41, 5.74) is 5.06. The number of hydrogen-bond acceptors (Lipinski definition) is 6. The molecule has 3 amide bonds. The first-order chi connectivity index (χ1) is 13.0. The van der Waals surface area contributed by atoms with Gasteiger partial charge in [0, 0.05) is 5.56 Å². The normalized spacial score (nSPS) is 10.0. The molecule has 1 aromatic carbocycles. The standard InChI is InChI=1S/C18H21N3O6/c1-3-7-27-14-5-4-12(9-15(14)25-2)18(24)21-20-16(22)10-19-17(23)13-6-8-26-11-13/h4-6,8-9,11H,3,7,10H2,1-2H3,(H,19,23)(H,20,22)(H,21,24). The average Bonchev–Trinajstić information content (AvgIpc) is 3.23. The second kappa shape index (κ2) is 9.85. The number of rotatable bonds is 8. The SMILES string of the molecule is CCCOc1ccc(C(=O)NNC(=O)CNC(=O)c2ccoc2)cc1OC. The highest BCUT2D eigenvalue weighted by Gasteiger charge is 2.13. The van der Waals surface area contributed by atoms with Crippen LogP contribution in [0.2, 0.25) is 0 Å². The Morgan fingerprint density at radius 1 is 1.04 bits per heavy atom. The summed E-state index contributed by atoms with van der Waals surface area (Å²) in [4.78, 5) is 35.6. The van der Waals surface area contributed by atoms with Gasteiger partial charge in [-0.15, -0.1) is 0 Å². The lowest BCUT2D eigenvalue weighted by Gasteiger charge is -2.12. The van der Waals surface area contributed by atoms with E-state index in [0.717, 1.165) is 6.42 Å². The first kappa shape index (κ1) is 19.8. The Hall–Kier alpha value is -3.49. The fourth-order valence-corrected chi connectivity index (χ4v) is 2.04. The minimum atomic E-state index is -0.588. The monoisotopic (exact) mass is 375 g/mol. The van der Waals surface area contributed by atoms with E-state index >= 15 is 0 Å². The Bertz CT molecular complexity index is 788. The van der Waals surface area contributed by atoms with Crippen molar-refractivity contribution in [2.75, 3.05) is 20.3 Å². The summed E-state index contributed by atoms with van der Waals surface area (Å²) in [5, 5.41) is 2.39. The molecule has 2 rings (SSSR count). The largest absolute Gasteiger partial charge is 0.493 e. The zero-order chi connectivity index (χ0) is 19.6. The molecule has 27 heavy (non-hydrogen) atoms. The van der Waals surface area contributed by atoms with Crippen LogP contribution in [-0.2, 0) is 4.79 Å². The van der Waals surface area contributed by atoms with Gasteiger partial charge in [-0.3, -0.25) is 25.2 Å². The quantitative estimate of drug-likeness (QED) is 0.598. The number of carbonyl (C=O) groups is 3. The molecular weight excluding hydrogens is 354 g/mol. The maximum absolute atomic E-state index is 12.1. The second-order valence-corrected chi connectivity index (χ2v) is 5.41. The molecule has 0 aliphatic carbocycles. The molecule has 0 radical (unpaired) electrons. The van der Waals surface area contributed by atoms with Gasteiger partial charge in [0.05, 0.1) is 32.1 Å². The molecule has 0 spiro atoms. The van der Waals surface area contributed by atoms with Gasteiger partial charge in [-0.2, -0.15) is 0 Å². The molecule has 0 bridgehead atoms. The van der Waals surface area contributed by atoms with Gasteiger partial charge in [0.25, 0.3) is 17.7 Å². The predicted octanol–water partition coefficient (Wildman–Crippen LogP) is 1.27. The lowest BCUT2D eigenvalue weighted by atomic mass is 10.2. The maximum Gasteiger partial charge on any atom is 0.269 e. The lowest BCUT2D eigenvalue weighted by Crippen LogP contribution is -2.46. The summed E-state index contributed by atoms with van der Waals surface area (Å²) in [6.45, 7) is 2.20. The summed E-state index contributed by atoms with van der Waals surface area (Å²) >= 11 is 0. The van der Waals surface area contributed by atoms with Crippen molar-refractivity contribution in [2.45, 2.75) is 13.3 Å². The molecule has 0 aliphatic rings. The molecule has 0 unspecified atom stereocenters.